The van der Waals surface area contributed by atoms with Crippen molar-refractivity contribution in [1.82, 2.24) is 24.8 Å². The fourth-order valence-electron chi connectivity index (χ4n) is 3.95. The van der Waals surface area contributed by atoms with E-state index in [-0.39, 0.29) is 18.4 Å². The summed E-state index contributed by atoms with van der Waals surface area (Å²) in [5.74, 6) is 1.34. The molecule has 1 aromatic carbocycles. The lowest BCUT2D eigenvalue weighted by atomic mass is 10.1. The summed E-state index contributed by atoms with van der Waals surface area (Å²) < 4.78 is 5.42. The number of piperazine rings is 1. The maximum Gasteiger partial charge on any atom is 0.242 e. The minimum Gasteiger partial charge on any atom is -0.339 e. The second-order valence-electron chi connectivity index (χ2n) is 8.16. The van der Waals surface area contributed by atoms with E-state index in [0.29, 0.717) is 44.3 Å². The van der Waals surface area contributed by atoms with Crippen molar-refractivity contribution < 1.29 is 14.1 Å². The van der Waals surface area contributed by atoms with Gasteiger partial charge in [-0.3, -0.25) is 14.5 Å². The van der Waals surface area contributed by atoms with E-state index in [1.54, 1.807) is 4.90 Å². The van der Waals surface area contributed by atoms with E-state index < -0.39 is 0 Å². The fourth-order valence-corrected chi connectivity index (χ4v) is 3.95. The van der Waals surface area contributed by atoms with Crippen LogP contribution in [0.3, 0.4) is 0 Å². The first kappa shape index (κ1) is 20.5. The Morgan fingerprint density at radius 2 is 1.80 bits per heavy atom. The van der Waals surface area contributed by atoms with Crippen LogP contribution < -0.4 is 0 Å². The normalized spacial score (nSPS) is 18.5. The van der Waals surface area contributed by atoms with Crippen LogP contribution in [0.25, 0.3) is 11.4 Å². The molecular weight excluding hydrogens is 382 g/mol. The number of benzene rings is 1. The lowest BCUT2D eigenvalue weighted by Crippen LogP contribution is -2.51. The highest BCUT2D eigenvalue weighted by atomic mass is 16.5. The van der Waals surface area contributed by atoms with Gasteiger partial charge in [0, 0.05) is 44.7 Å². The fraction of sp³-hybridized carbons (Fsp3) is 0.545. The van der Waals surface area contributed by atoms with Crippen molar-refractivity contribution in [2.75, 3.05) is 39.3 Å². The molecule has 0 radical (unpaired) electrons. The summed E-state index contributed by atoms with van der Waals surface area (Å²) in [5, 5.41) is 4.09. The summed E-state index contributed by atoms with van der Waals surface area (Å²) in [4.78, 5) is 35.1. The molecule has 2 aromatic rings. The maximum absolute atomic E-state index is 12.6. The Balaban J connectivity index is 1.26. The molecule has 3 heterocycles. The Labute approximate surface area is 176 Å². The van der Waals surface area contributed by atoms with Crippen LogP contribution >= 0.6 is 0 Å². The summed E-state index contributed by atoms with van der Waals surface area (Å²) in [6, 6.07) is 8.04. The summed E-state index contributed by atoms with van der Waals surface area (Å²) in [6.45, 7) is 6.34. The number of likely N-dealkylation sites (tertiary alicyclic amines) is 1. The van der Waals surface area contributed by atoms with E-state index in [9.17, 15) is 9.59 Å². The number of hydrogen-bond acceptors (Lipinski definition) is 6. The van der Waals surface area contributed by atoms with E-state index in [1.807, 2.05) is 36.1 Å². The molecule has 2 aliphatic rings. The molecule has 8 heteroatoms. The van der Waals surface area contributed by atoms with Gasteiger partial charge >= 0.3 is 0 Å². The highest BCUT2D eigenvalue weighted by molar-refractivity contribution is 5.85. The third-order valence-electron chi connectivity index (χ3n) is 5.86. The van der Waals surface area contributed by atoms with Crippen molar-refractivity contribution in [2.45, 2.75) is 39.2 Å². The van der Waals surface area contributed by atoms with Crippen LogP contribution in [-0.4, -0.2) is 75.9 Å². The number of hydrogen-bond donors (Lipinski definition) is 0. The smallest absolute Gasteiger partial charge is 0.242 e. The molecule has 0 bridgehead atoms. The van der Waals surface area contributed by atoms with E-state index in [4.69, 9.17) is 4.52 Å². The molecule has 0 N–H and O–H groups in total. The Bertz CT molecular complexity index is 871. The standard InChI is InChI=1S/C22H29N5O3/c1-17-6-8-18(9-7-17)22-23-19(30-24-22)15-25-11-13-26(14-12-25)21(29)16-27-10-4-2-3-5-20(27)28/h6-9H,2-5,10-16H2,1H3. The molecule has 2 saturated heterocycles. The lowest BCUT2D eigenvalue weighted by molar-refractivity contribution is -0.141. The molecular formula is C22H29N5O3. The number of amides is 2. The van der Waals surface area contributed by atoms with Crippen LogP contribution in [0.2, 0.25) is 0 Å². The molecule has 0 aliphatic carbocycles. The van der Waals surface area contributed by atoms with Gasteiger partial charge in [-0.2, -0.15) is 4.98 Å². The quantitative estimate of drug-likeness (QED) is 0.749. The molecule has 30 heavy (non-hydrogen) atoms. The van der Waals surface area contributed by atoms with Crippen molar-refractivity contribution in [3.63, 3.8) is 0 Å². The van der Waals surface area contributed by atoms with Crippen LogP contribution in [0.4, 0.5) is 0 Å². The van der Waals surface area contributed by atoms with E-state index >= 15 is 0 Å². The number of carbonyl (C=O) groups is 2. The van der Waals surface area contributed by atoms with E-state index in [0.717, 1.165) is 37.9 Å². The average Bonchev–Trinajstić information content (AvgIpc) is 3.12. The molecule has 0 atom stereocenters. The topological polar surface area (TPSA) is 82.8 Å². The molecule has 2 aliphatic heterocycles. The van der Waals surface area contributed by atoms with Gasteiger partial charge in [-0.05, 0) is 19.8 Å². The van der Waals surface area contributed by atoms with E-state index in [1.165, 1.54) is 5.56 Å². The first-order valence-electron chi connectivity index (χ1n) is 10.8. The predicted octanol–water partition coefficient (Wildman–Crippen LogP) is 2.09. The Morgan fingerprint density at radius 3 is 2.57 bits per heavy atom. The molecule has 4 rings (SSSR count). The first-order valence-corrected chi connectivity index (χ1v) is 10.8. The molecule has 0 unspecified atom stereocenters. The SMILES string of the molecule is Cc1ccc(-c2noc(CN3CCN(C(=O)CN4CCCCCC4=O)CC3)n2)cc1. The summed E-state index contributed by atoms with van der Waals surface area (Å²) >= 11 is 0. The number of rotatable bonds is 5. The average molecular weight is 412 g/mol. The maximum atomic E-state index is 12.6. The van der Waals surface area contributed by atoms with Crippen molar-refractivity contribution in [1.29, 1.82) is 0 Å². The molecule has 1 aromatic heterocycles. The zero-order chi connectivity index (χ0) is 20.9. The third kappa shape index (κ3) is 5.05. The van der Waals surface area contributed by atoms with Crippen LogP contribution in [0.1, 0.15) is 37.1 Å². The van der Waals surface area contributed by atoms with Crippen molar-refractivity contribution in [3.8, 4) is 11.4 Å². The van der Waals surface area contributed by atoms with Gasteiger partial charge in [0.1, 0.15) is 0 Å². The van der Waals surface area contributed by atoms with E-state index in [2.05, 4.69) is 15.0 Å². The lowest BCUT2D eigenvalue weighted by Gasteiger charge is -2.35. The van der Waals surface area contributed by atoms with Crippen LogP contribution in [0, 0.1) is 6.92 Å². The zero-order valence-corrected chi connectivity index (χ0v) is 17.5. The molecule has 8 nitrogen and oxygen atoms in total. The van der Waals surface area contributed by atoms with Gasteiger partial charge in [-0.25, -0.2) is 0 Å². The summed E-state index contributed by atoms with van der Waals surface area (Å²) in [6.07, 6.45) is 3.55. The number of carbonyl (C=O) groups excluding carboxylic acids is 2. The number of aromatic nitrogens is 2. The molecule has 0 saturated carbocycles. The van der Waals surface area contributed by atoms with Gasteiger partial charge in [-0.15, -0.1) is 0 Å². The van der Waals surface area contributed by atoms with Crippen LogP contribution in [0.5, 0.6) is 0 Å². The first-order chi connectivity index (χ1) is 14.6. The van der Waals surface area contributed by atoms with Crippen molar-refractivity contribution >= 4 is 11.8 Å². The highest BCUT2D eigenvalue weighted by Gasteiger charge is 2.26. The summed E-state index contributed by atoms with van der Waals surface area (Å²) in [7, 11) is 0. The zero-order valence-electron chi connectivity index (χ0n) is 17.5. The Morgan fingerprint density at radius 1 is 1.03 bits per heavy atom. The largest absolute Gasteiger partial charge is 0.339 e. The minimum atomic E-state index is 0.0457. The van der Waals surface area contributed by atoms with Gasteiger partial charge in [0.05, 0.1) is 13.1 Å². The molecule has 2 amide bonds. The van der Waals surface area contributed by atoms with Crippen molar-refractivity contribution in [3.05, 3.63) is 35.7 Å². The second kappa shape index (κ2) is 9.38. The molecule has 160 valence electrons. The monoisotopic (exact) mass is 411 g/mol. The second-order valence-corrected chi connectivity index (χ2v) is 8.16. The third-order valence-corrected chi connectivity index (χ3v) is 5.86. The minimum absolute atomic E-state index is 0.0457. The Kier molecular flexibility index (Phi) is 6.42. The molecule has 2 fully saturated rings. The van der Waals surface area contributed by atoms with Gasteiger partial charge in [0.2, 0.25) is 23.5 Å². The highest BCUT2D eigenvalue weighted by Crippen LogP contribution is 2.17. The number of nitrogens with zero attached hydrogens (tertiary/aromatic N) is 5. The van der Waals surface area contributed by atoms with Crippen LogP contribution in [-0.2, 0) is 16.1 Å². The van der Waals surface area contributed by atoms with Gasteiger partial charge in [0.15, 0.2) is 0 Å². The van der Waals surface area contributed by atoms with Crippen LogP contribution in [0.15, 0.2) is 28.8 Å². The predicted molar refractivity (Wildman–Crippen MR) is 111 cm³/mol. The van der Waals surface area contributed by atoms with Gasteiger partial charge in [0.25, 0.3) is 0 Å². The van der Waals surface area contributed by atoms with Crippen molar-refractivity contribution in [2.24, 2.45) is 0 Å². The van der Waals surface area contributed by atoms with Gasteiger partial charge < -0.3 is 14.3 Å². The summed E-state index contributed by atoms with van der Waals surface area (Å²) in [5.41, 5.74) is 2.13. The number of aryl methyl sites for hydroxylation is 1. The van der Waals surface area contributed by atoms with Gasteiger partial charge in [-0.1, -0.05) is 41.4 Å². The molecule has 0 spiro atoms. The Hall–Kier alpha value is -2.74.